The van der Waals surface area contributed by atoms with Gasteiger partial charge in [-0.1, -0.05) is 42.5 Å². The second-order valence-corrected chi connectivity index (χ2v) is 12.0. The molecule has 3 fully saturated rings. The van der Waals surface area contributed by atoms with E-state index in [1.165, 1.54) is 17.6 Å². The van der Waals surface area contributed by atoms with Crippen molar-refractivity contribution in [2.75, 3.05) is 33.4 Å². The minimum Gasteiger partial charge on any atom is -0.501 e. The van der Waals surface area contributed by atoms with Gasteiger partial charge in [-0.05, 0) is 36.9 Å². The van der Waals surface area contributed by atoms with Gasteiger partial charge in [0.1, 0.15) is 22.9 Å². The number of ether oxygens (including phenoxy) is 3. The van der Waals surface area contributed by atoms with Crippen molar-refractivity contribution >= 4 is 16.7 Å². The van der Waals surface area contributed by atoms with Gasteiger partial charge >= 0.3 is 0 Å². The zero-order valence-electron chi connectivity index (χ0n) is 22.2. The van der Waals surface area contributed by atoms with Crippen molar-refractivity contribution in [3.63, 3.8) is 0 Å². The summed E-state index contributed by atoms with van der Waals surface area (Å²) in [5.41, 5.74) is -2.85. The first-order valence-corrected chi connectivity index (χ1v) is 14.3. The number of nitriles is 1. The van der Waals surface area contributed by atoms with Gasteiger partial charge in [0, 0.05) is 13.1 Å². The molecule has 0 spiro atoms. The number of hydrogen-bond acceptors (Lipinski definition) is 9. The van der Waals surface area contributed by atoms with Crippen LogP contribution in [0.4, 0.5) is 0 Å². The predicted molar refractivity (Wildman–Crippen MR) is 147 cm³/mol. The molecule has 0 radical (unpaired) electrons. The highest BCUT2D eigenvalue weighted by molar-refractivity contribution is 7.89. The number of aliphatic hydroxyl groups excluding tert-OH is 1. The third-order valence-electron chi connectivity index (χ3n) is 8.11. The van der Waals surface area contributed by atoms with Gasteiger partial charge in [0.2, 0.25) is 10.0 Å². The highest BCUT2D eigenvalue weighted by atomic mass is 32.2. The lowest BCUT2D eigenvalue weighted by atomic mass is 9.71. The Labute approximate surface area is 233 Å². The number of hydrogen-bond donors (Lipinski definition) is 2. The SMILES string of the molecule is C=N/C=C1/O[C@@]2(c3ccc(C#N)cc3)[C@H](c3ccccc3)[C@@H](S(=O)(=O)N3CCOCC3)[C@@H](O)[C@@]2(O)/C1=C(/C)OC. The molecule has 2 N–H and O–H groups in total. The Kier molecular flexibility index (Phi) is 7.33. The van der Waals surface area contributed by atoms with Gasteiger partial charge in [0.15, 0.2) is 11.2 Å². The van der Waals surface area contributed by atoms with E-state index in [9.17, 15) is 23.9 Å². The average Bonchev–Trinajstić information content (AvgIpc) is 3.36. The van der Waals surface area contributed by atoms with Gasteiger partial charge in [-0.3, -0.25) is 4.99 Å². The van der Waals surface area contributed by atoms with E-state index in [2.05, 4.69) is 17.8 Å². The summed E-state index contributed by atoms with van der Waals surface area (Å²) < 4.78 is 47.7. The number of nitrogens with zero attached hydrogens (tertiary/aromatic N) is 3. The van der Waals surface area contributed by atoms with E-state index in [4.69, 9.17) is 14.2 Å². The van der Waals surface area contributed by atoms with E-state index in [-0.39, 0.29) is 43.4 Å². The molecule has 210 valence electrons. The lowest BCUT2D eigenvalue weighted by Crippen LogP contribution is -2.54. The third kappa shape index (κ3) is 3.90. The second-order valence-electron chi connectivity index (χ2n) is 9.96. The van der Waals surface area contributed by atoms with E-state index >= 15 is 0 Å². The maximum absolute atomic E-state index is 14.4. The Morgan fingerprint density at radius 1 is 1.20 bits per heavy atom. The van der Waals surface area contributed by atoms with Crippen LogP contribution in [0.25, 0.3) is 0 Å². The fourth-order valence-corrected chi connectivity index (χ4v) is 8.57. The fourth-order valence-electron chi connectivity index (χ4n) is 6.36. The molecule has 40 heavy (non-hydrogen) atoms. The average molecular weight is 566 g/mol. The molecular weight excluding hydrogens is 534 g/mol. The largest absolute Gasteiger partial charge is 0.501 e. The van der Waals surface area contributed by atoms with Crippen molar-refractivity contribution < 1.29 is 32.8 Å². The zero-order valence-corrected chi connectivity index (χ0v) is 23.0. The highest BCUT2D eigenvalue weighted by Crippen LogP contribution is 2.67. The molecule has 3 aliphatic rings. The minimum atomic E-state index is -4.24. The predicted octanol–water partition coefficient (Wildman–Crippen LogP) is 2.17. The lowest BCUT2D eigenvalue weighted by Gasteiger charge is -2.40. The highest BCUT2D eigenvalue weighted by Gasteiger charge is 2.80. The molecule has 0 amide bonds. The summed E-state index contributed by atoms with van der Waals surface area (Å²) in [5, 5.41) is 32.9. The van der Waals surface area contributed by atoms with E-state index in [1.54, 1.807) is 61.5 Å². The van der Waals surface area contributed by atoms with Crippen LogP contribution in [-0.4, -0.2) is 80.0 Å². The topological polar surface area (TPSA) is 142 Å². The van der Waals surface area contributed by atoms with Gasteiger partial charge < -0.3 is 24.4 Å². The maximum Gasteiger partial charge on any atom is 0.220 e. The van der Waals surface area contributed by atoms with E-state index in [0.29, 0.717) is 16.7 Å². The first kappa shape index (κ1) is 28.0. The number of aliphatic imine (C=N–C) groups is 1. The van der Waals surface area contributed by atoms with Crippen LogP contribution >= 0.6 is 0 Å². The molecule has 5 rings (SSSR count). The van der Waals surface area contributed by atoms with Crippen molar-refractivity contribution in [3.8, 4) is 6.07 Å². The van der Waals surface area contributed by atoms with Crippen LogP contribution in [0.5, 0.6) is 0 Å². The smallest absolute Gasteiger partial charge is 0.220 e. The molecule has 11 heteroatoms. The van der Waals surface area contributed by atoms with Gasteiger partial charge in [0.25, 0.3) is 0 Å². The molecule has 10 nitrogen and oxygen atoms in total. The number of rotatable bonds is 6. The number of sulfonamides is 1. The number of benzene rings is 2. The number of aliphatic hydroxyl groups is 2. The molecule has 0 aromatic heterocycles. The summed E-state index contributed by atoms with van der Waals surface area (Å²) in [6.45, 7) is 5.77. The van der Waals surface area contributed by atoms with Crippen molar-refractivity contribution in [1.29, 1.82) is 5.26 Å². The van der Waals surface area contributed by atoms with Crippen LogP contribution in [0.1, 0.15) is 29.5 Å². The summed E-state index contributed by atoms with van der Waals surface area (Å²) in [5.74, 6) is -0.809. The standard InChI is InChI=1S/C29H31N3O7S/c1-19(37-3)24-23(18-31-2)39-29(22-11-9-20(17-30)10-12-22)25(21-7-5-4-6-8-21)26(27(33)28(24,29)34)40(35,36)32-13-15-38-16-14-32/h4-12,18,25-27,33-34H,2,13-16H2,1,3H3/b23-18+,24-19-/t25-,26-,27-,28+,29+/m1/s1. The molecule has 2 aromatic carbocycles. The summed E-state index contributed by atoms with van der Waals surface area (Å²) >= 11 is 0. The monoisotopic (exact) mass is 565 g/mol. The summed E-state index contributed by atoms with van der Waals surface area (Å²) in [4.78, 5) is 3.86. The summed E-state index contributed by atoms with van der Waals surface area (Å²) in [6, 6.07) is 17.2. The Hall–Kier alpha value is -3.53. The van der Waals surface area contributed by atoms with Crippen LogP contribution in [0.2, 0.25) is 0 Å². The zero-order chi connectivity index (χ0) is 28.7. The maximum atomic E-state index is 14.4. The molecule has 5 atom stereocenters. The number of allylic oxidation sites excluding steroid dienone is 1. The Bertz CT molecular complexity index is 1490. The molecular formula is C29H31N3O7S. The van der Waals surface area contributed by atoms with Gasteiger partial charge in [-0.15, -0.1) is 0 Å². The Morgan fingerprint density at radius 3 is 2.42 bits per heavy atom. The molecule has 1 aliphatic carbocycles. The molecule has 2 saturated heterocycles. The van der Waals surface area contributed by atoms with Gasteiger partial charge in [-0.2, -0.15) is 9.57 Å². The van der Waals surface area contributed by atoms with Crippen LogP contribution < -0.4 is 0 Å². The quantitative estimate of drug-likeness (QED) is 0.401. The minimum absolute atomic E-state index is 0.0693. The van der Waals surface area contributed by atoms with Crippen molar-refractivity contribution in [1.82, 2.24) is 4.31 Å². The van der Waals surface area contributed by atoms with Crippen LogP contribution in [0.3, 0.4) is 0 Å². The summed E-state index contributed by atoms with van der Waals surface area (Å²) in [6.07, 6.45) is -0.559. The Balaban J connectivity index is 1.89. The van der Waals surface area contributed by atoms with Crippen molar-refractivity contribution in [2.45, 2.75) is 35.4 Å². The molecule has 1 saturated carbocycles. The van der Waals surface area contributed by atoms with Gasteiger partial charge in [-0.25, -0.2) is 8.42 Å². The van der Waals surface area contributed by atoms with Crippen LogP contribution in [0.15, 0.2) is 82.9 Å². The Morgan fingerprint density at radius 2 is 1.85 bits per heavy atom. The fraction of sp³-hybridized carbons (Fsp3) is 0.379. The molecule has 0 unspecified atom stereocenters. The number of morpholine rings is 1. The van der Waals surface area contributed by atoms with Gasteiger partial charge in [0.05, 0.1) is 49.6 Å². The van der Waals surface area contributed by atoms with E-state index in [1.807, 2.05) is 0 Å². The summed E-state index contributed by atoms with van der Waals surface area (Å²) in [7, 11) is -2.83. The third-order valence-corrected chi connectivity index (χ3v) is 10.4. The lowest BCUT2D eigenvalue weighted by molar-refractivity contribution is -0.130. The normalized spacial score (nSPS) is 32.7. The second kappa shape index (κ2) is 10.5. The molecule has 2 heterocycles. The number of fused-ring (bicyclic) bond motifs is 1. The van der Waals surface area contributed by atoms with Crippen LogP contribution in [-0.2, 0) is 29.8 Å². The number of methoxy groups -OCH3 is 1. The first-order valence-electron chi connectivity index (χ1n) is 12.8. The van der Waals surface area contributed by atoms with Crippen molar-refractivity contribution in [3.05, 3.63) is 94.6 Å². The van der Waals surface area contributed by atoms with E-state index < -0.39 is 38.5 Å². The molecule has 2 aliphatic heterocycles. The van der Waals surface area contributed by atoms with E-state index in [0.717, 1.165) is 0 Å². The van der Waals surface area contributed by atoms with Crippen molar-refractivity contribution in [2.24, 2.45) is 4.99 Å². The molecule has 2 aromatic rings. The van der Waals surface area contributed by atoms with Crippen LogP contribution in [0, 0.1) is 11.3 Å². The molecule has 0 bridgehead atoms. The first-order chi connectivity index (χ1) is 19.2.